The first-order valence-electron chi connectivity index (χ1n) is 9.60. The fraction of sp³-hybridized carbons (Fsp3) is 0.304. The van der Waals surface area contributed by atoms with Crippen molar-refractivity contribution in [3.05, 3.63) is 64.3 Å². The van der Waals surface area contributed by atoms with Crippen molar-refractivity contribution in [1.82, 2.24) is 9.88 Å². The van der Waals surface area contributed by atoms with Crippen molar-refractivity contribution in [3.8, 4) is 0 Å². The first kappa shape index (κ1) is 18.3. The normalized spacial score (nSPS) is 14.8. The minimum Gasteiger partial charge on any atom is -0.350 e. The lowest BCUT2D eigenvalue weighted by molar-refractivity contribution is -0.120. The number of fused-ring (bicyclic) bond motifs is 1. The number of carbonyl (C=O) groups excluding carboxylic acids is 2. The van der Waals surface area contributed by atoms with Gasteiger partial charge < -0.3 is 14.8 Å². The minimum atomic E-state index is -0.111. The molecule has 3 aromatic rings. The molecule has 2 heterocycles. The molecule has 0 radical (unpaired) electrons. The molecule has 0 unspecified atom stereocenters. The van der Waals surface area contributed by atoms with Gasteiger partial charge in [-0.3, -0.25) is 9.59 Å². The van der Waals surface area contributed by atoms with Crippen molar-refractivity contribution >= 4 is 28.4 Å². The summed E-state index contributed by atoms with van der Waals surface area (Å²) in [5.74, 6) is -0.158. The fourth-order valence-corrected chi connectivity index (χ4v) is 4.04. The van der Waals surface area contributed by atoms with Crippen LogP contribution in [0.25, 0.3) is 10.9 Å². The van der Waals surface area contributed by atoms with E-state index in [1.165, 1.54) is 0 Å². The predicted octanol–water partition coefficient (Wildman–Crippen LogP) is 3.89. The fourth-order valence-electron chi connectivity index (χ4n) is 4.04. The third kappa shape index (κ3) is 3.17. The number of hydrogen-bond acceptors (Lipinski definition) is 2. The summed E-state index contributed by atoms with van der Waals surface area (Å²) < 4.78 is 0. The van der Waals surface area contributed by atoms with Gasteiger partial charge in [-0.05, 0) is 68.7 Å². The molecule has 1 aliphatic rings. The summed E-state index contributed by atoms with van der Waals surface area (Å²) in [6, 6.07) is 12.2. The molecule has 28 heavy (non-hydrogen) atoms. The van der Waals surface area contributed by atoms with Gasteiger partial charge in [-0.15, -0.1) is 0 Å². The zero-order chi connectivity index (χ0) is 20.0. The van der Waals surface area contributed by atoms with E-state index >= 15 is 0 Å². The maximum absolute atomic E-state index is 13.1. The smallest absolute Gasteiger partial charge is 0.271 e. The molecule has 2 amide bonds. The zero-order valence-electron chi connectivity index (χ0n) is 16.8. The van der Waals surface area contributed by atoms with Gasteiger partial charge >= 0.3 is 0 Å². The van der Waals surface area contributed by atoms with Gasteiger partial charge in [0.1, 0.15) is 12.2 Å². The Morgan fingerprint density at radius 2 is 1.64 bits per heavy atom. The first-order chi connectivity index (χ1) is 13.3. The number of aryl methyl sites for hydroxylation is 4. The second kappa shape index (κ2) is 6.82. The van der Waals surface area contributed by atoms with Gasteiger partial charge in [-0.1, -0.05) is 17.7 Å². The molecule has 144 valence electrons. The number of carbonyl (C=O) groups is 2. The van der Waals surface area contributed by atoms with Gasteiger partial charge in [-0.2, -0.15) is 0 Å². The van der Waals surface area contributed by atoms with E-state index in [1.54, 1.807) is 9.80 Å². The predicted molar refractivity (Wildman–Crippen MR) is 112 cm³/mol. The maximum atomic E-state index is 13.1. The van der Waals surface area contributed by atoms with Crippen LogP contribution in [0, 0.1) is 27.7 Å². The van der Waals surface area contributed by atoms with E-state index < -0.39 is 0 Å². The summed E-state index contributed by atoms with van der Waals surface area (Å²) >= 11 is 0. The van der Waals surface area contributed by atoms with Gasteiger partial charge in [0.05, 0.1) is 0 Å². The van der Waals surface area contributed by atoms with E-state index in [-0.39, 0.29) is 18.4 Å². The number of piperazine rings is 1. The lowest BCUT2D eigenvalue weighted by Gasteiger charge is -2.34. The van der Waals surface area contributed by atoms with Crippen molar-refractivity contribution in [3.63, 3.8) is 0 Å². The molecule has 5 heteroatoms. The highest BCUT2D eigenvalue weighted by atomic mass is 16.2. The van der Waals surface area contributed by atoms with Gasteiger partial charge in [0.25, 0.3) is 5.91 Å². The third-order valence-corrected chi connectivity index (χ3v) is 5.45. The third-order valence-electron chi connectivity index (χ3n) is 5.45. The van der Waals surface area contributed by atoms with Crippen molar-refractivity contribution in [2.75, 3.05) is 24.5 Å². The highest BCUT2D eigenvalue weighted by molar-refractivity contribution is 6.04. The molecule has 0 atom stereocenters. The molecule has 1 aliphatic heterocycles. The number of nitrogens with zero attached hydrogens (tertiary/aromatic N) is 2. The zero-order valence-corrected chi connectivity index (χ0v) is 16.8. The van der Waals surface area contributed by atoms with E-state index in [1.807, 2.05) is 52.0 Å². The molecular weight excluding hydrogens is 350 g/mol. The highest BCUT2D eigenvalue weighted by Crippen LogP contribution is 2.25. The molecule has 4 rings (SSSR count). The molecule has 1 saturated heterocycles. The molecular formula is C23H25N3O2. The maximum Gasteiger partial charge on any atom is 0.271 e. The van der Waals surface area contributed by atoms with Crippen molar-refractivity contribution < 1.29 is 9.59 Å². The molecule has 5 nitrogen and oxygen atoms in total. The van der Waals surface area contributed by atoms with E-state index in [4.69, 9.17) is 0 Å². The topological polar surface area (TPSA) is 56.4 Å². The number of anilines is 1. The quantitative estimate of drug-likeness (QED) is 0.739. The lowest BCUT2D eigenvalue weighted by atomic mass is 10.1. The van der Waals surface area contributed by atoms with Gasteiger partial charge in [-0.25, -0.2) is 0 Å². The number of nitrogens with one attached hydrogen (secondary N) is 1. The monoisotopic (exact) mass is 375 g/mol. The van der Waals surface area contributed by atoms with E-state index in [9.17, 15) is 9.59 Å². The Balaban J connectivity index is 1.57. The highest BCUT2D eigenvalue weighted by Gasteiger charge is 2.30. The van der Waals surface area contributed by atoms with Crippen molar-refractivity contribution in [1.29, 1.82) is 0 Å². The Hall–Kier alpha value is -3.08. The Morgan fingerprint density at radius 3 is 2.32 bits per heavy atom. The summed E-state index contributed by atoms with van der Waals surface area (Å²) in [5, 5.41) is 1.06. The summed E-state index contributed by atoms with van der Waals surface area (Å²) in [4.78, 5) is 32.6. The van der Waals surface area contributed by atoms with Gasteiger partial charge in [0.15, 0.2) is 0 Å². The largest absolute Gasteiger partial charge is 0.350 e. The molecule has 1 aromatic heterocycles. The van der Waals surface area contributed by atoms with Crippen molar-refractivity contribution in [2.24, 2.45) is 0 Å². The Kier molecular flexibility index (Phi) is 4.46. The Morgan fingerprint density at radius 1 is 0.929 bits per heavy atom. The SMILES string of the molecule is Cc1cc(C)cc(N2CCN(C(=O)c3[nH]c4ccc(C)cc4c3C)CC2=O)c1. The minimum absolute atomic E-state index is 0.0470. The molecule has 0 aliphatic carbocycles. The van der Waals surface area contributed by atoms with E-state index in [0.29, 0.717) is 18.8 Å². The number of amides is 2. The number of aromatic amines is 1. The average Bonchev–Trinajstić information content (AvgIpc) is 2.96. The van der Waals surface area contributed by atoms with Crippen LogP contribution in [0.15, 0.2) is 36.4 Å². The standard InChI is InChI=1S/C23H25N3O2/c1-14-5-6-20-19(12-14)17(4)22(24-20)23(28)25-7-8-26(21(27)13-25)18-10-15(2)9-16(3)11-18/h5-6,9-12,24H,7-8,13H2,1-4H3. The lowest BCUT2D eigenvalue weighted by Crippen LogP contribution is -2.52. The van der Waals surface area contributed by atoms with Crippen LogP contribution in [0.5, 0.6) is 0 Å². The molecule has 1 N–H and O–H groups in total. The van der Waals surface area contributed by atoms with E-state index in [0.717, 1.165) is 38.8 Å². The average molecular weight is 375 g/mol. The summed E-state index contributed by atoms with van der Waals surface area (Å²) in [7, 11) is 0. The van der Waals surface area contributed by atoms with Crippen LogP contribution in [0.1, 0.15) is 32.7 Å². The molecule has 0 bridgehead atoms. The van der Waals surface area contributed by atoms with Crippen LogP contribution in [0.3, 0.4) is 0 Å². The van der Waals surface area contributed by atoms with Crippen molar-refractivity contribution in [2.45, 2.75) is 27.7 Å². The number of aromatic nitrogens is 1. The first-order valence-corrected chi connectivity index (χ1v) is 9.60. The second-order valence-electron chi connectivity index (χ2n) is 7.79. The summed E-state index contributed by atoms with van der Waals surface area (Å²) in [6.07, 6.45) is 0. The van der Waals surface area contributed by atoms with Crippen LogP contribution in [0.2, 0.25) is 0 Å². The summed E-state index contributed by atoms with van der Waals surface area (Å²) in [5.41, 5.74) is 6.79. The summed E-state index contributed by atoms with van der Waals surface area (Å²) in [6.45, 7) is 9.18. The van der Waals surface area contributed by atoms with Crippen LogP contribution < -0.4 is 4.90 Å². The van der Waals surface area contributed by atoms with Crippen LogP contribution >= 0.6 is 0 Å². The molecule has 0 spiro atoms. The van der Waals surface area contributed by atoms with Crippen LogP contribution in [-0.4, -0.2) is 41.3 Å². The number of rotatable bonds is 2. The molecule has 1 fully saturated rings. The van der Waals surface area contributed by atoms with Crippen LogP contribution in [-0.2, 0) is 4.79 Å². The Bertz CT molecular complexity index is 1080. The molecule has 0 saturated carbocycles. The van der Waals surface area contributed by atoms with Gasteiger partial charge in [0, 0.05) is 29.7 Å². The second-order valence-corrected chi connectivity index (χ2v) is 7.79. The Labute approximate surface area is 165 Å². The number of benzene rings is 2. The van der Waals surface area contributed by atoms with Crippen LogP contribution in [0.4, 0.5) is 5.69 Å². The van der Waals surface area contributed by atoms with Gasteiger partial charge in [0.2, 0.25) is 5.91 Å². The van der Waals surface area contributed by atoms with E-state index in [2.05, 4.69) is 17.1 Å². The number of hydrogen-bond donors (Lipinski definition) is 1. The molecule has 2 aromatic carbocycles. The number of H-pyrrole nitrogens is 1.